The second kappa shape index (κ2) is 7.14. The van der Waals surface area contributed by atoms with Gasteiger partial charge in [-0.15, -0.1) is 0 Å². The molecule has 0 bridgehead atoms. The molecule has 1 amide bonds. The smallest absolute Gasteiger partial charge is 0.405 e. The van der Waals surface area contributed by atoms with Gasteiger partial charge in [-0.1, -0.05) is 12.1 Å². The third kappa shape index (κ3) is 5.92. The zero-order valence-electron chi connectivity index (χ0n) is 11.3. The van der Waals surface area contributed by atoms with E-state index in [1.165, 1.54) is 6.92 Å². The molecule has 0 aliphatic rings. The SMILES string of the molecule is COc1cccc(CNC(C)C(=O)NCC(F)(F)F)c1. The van der Waals surface area contributed by atoms with Crippen molar-refractivity contribution in [2.24, 2.45) is 0 Å². The van der Waals surface area contributed by atoms with Crippen molar-refractivity contribution in [1.82, 2.24) is 10.6 Å². The highest BCUT2D eigenvalue weighted by atomic mass is 19.4. The zero-order chi connectivity index (χ0) is 15.2. The van der Waals surface area contributed by atoms with Gasteiger partial charge in [0.25, 0.3) is 0 Å². The van der Waals surface area contributed by atoms with Gasteiger partial charge in [0.15, 0.2) is 0 Å². The molecule has 20 heavy (non-hydrogen) atoms. The van der Waals surface area contributed by atoms with Crippen LogP contribution in [0.1, 0.15) is 12.5 Å². The van der Waals surface area contributed by atoms with Gasteiger partial charge in [-0.3, -0.25) is 4.79 Å². The molecule has 1 unspecified atom stereocenters. The minimum absolute atomic E-state index is 0.359. The summed E-state index contributed by atoms with van der Waals surface area (Å²) in [5.41, 5.74) is 0.875. The summed E-state index contributed by atoms with van der Waals surface area (Å²) in [5.74, 6) is -0.0105. The molecule has 112 valence electrons. The summed E-state index contributed by atoms with van der Waals surface area (Å²) in [7, 11) is 1.54. The highest BCUT2D eigenvalue weighted by Gasteiger charge is 2.28. The first-order valence-electron chi connectivity index (χ1n) is 6.02. The third-order valence-corrected chi connectivity index (χ3v) is 2.60. The van der Waals surface area contributed by atoms with Crippen molar-refractivity contribution in [2.45, 2.75) is 25.7 Å². The van der Waals surface area contributed by atoms with Gasteiger partial charge >= 0.3 is 6.18 Å². The monoisotopic (exact) mass is 290 g/mol. The fraction of sp³-hybridized carbons (Fsp3) is 0.462. The van der Waals surface area contributed by atoms with Crippen LogP contribution in [-0.4, -0.2) is 31.8 Å². The first-order valence-corrected chi connectivity index (χ1v) is 6.02. The Hall–Kier alpha value is -1.76. The zero-order valence-corrected chi connectivity index (χ0v) is 11.3. The van der Waals surface area contributed by atoms with Crippen LogP contribution in [0, 0.1) is 0 Å². The number of hydrogen-bond donors (Lipinski definition) is 2. The van der Waals surface area contributed by atoms with Gasteiger partial charge in [0.05, 0.1) is 13.2 Å². The topological polar surface area (TPSA) is 50.4 Å². The van der Waals surface area contributed by atoms with Crippen molar-refractivity contribution < 1.29 is 22.7 Å². The van der Waals surface area contributed by atoms with E-state index in [4.69, 9.17) is 4.74 Å². The molecule has 0 aliphatic heterocycles. The summed E-state index contributed by atoms with van der Waals surface area (Å²) < 4.78 is 40.9. The maximum absolute atomic E-state index is 12.0. The number of alkyl halides is 3. The van der Waals surface area contributed by atoms with E-state index in [2.05, 4.69) is 5.32 Å². The molecule has 2 N–H and O–H groups in total. The highest BCUT2D eigenvalue weighted by Crippen LogP contribution is 2.13. The summed E-state index contributed by atoms with van der Waals surface area (Å²) in [4.78, 5) is 11.4. The van der Waals surface area contributed by atoms with Crippen LogP contribution in [-0.2, 0) is 11.3 Å². The van der Waals surface area contributed by atoms with Crippen LogP contribution in [0.15, 0.2) is 24.3 Å². The van der Waals surface area contributed by atoms with E-state index in [1.54, 1.807) is 25.3 Å². The lowest BCUT2D eigenvalue weighted by Crippen LogP contribution is -2.44. The van der Waals surface area contributed by atoms with Crippen molar-refractivity contribution in [1.29, 1.82) is 0 Å². The Morgan fingerprint density at radius 3 is 2.70 bits per heavy atom. The van der Waals surface area contributed by atoms with Gasteiger partial charge in [0.2, 0.25) is 5.91 Å². The molecule has 0 spiro atoms. The van der Waals surface area contributed by atoms with Gasteiger partial charge in [0, 0.05) is 6.54 Å². The van der Waals surface area contributed by atoms with Crippen molar-refractivity contribution in [3.8, 4) is 5.75 Å². The van der Waals surface area contributed by atoms with Gasteiger partial charge in [0.1, 0.15) is 12.3 Å². The molecule has 1 aromatic carbocycles. The molecule has 4 nitrogen and oxygen atoms in total. The van der Waals surface area contributed by atoms with E-state index >= 15 is 0 Å². The third-order valence-electron chi connectivity index (χ3n) is 2.60. The van der Waals surface area contributed by atoms with E-state index in [-0.39, 0.29) is 0 Å². The number of ether oxygens (including phenoxy) is 1. The van der Waals surface area contributed by atoms with Crippen LogP contribution < -0.4 is 15.4 Å². The van der Waals surface area contributed by atoms with Crippen molar-refractivity contribution >= 4 is 5.91 Å². The minimum atomic E-state index is -4.40. The lowest BCUT2D eigenvalue weighted by Gasteiger charge is -2.15. The summed E-state index contributed by atoms with van der Waals surface area (Å²) in [6.45, 7) is 0.542. The van der Waals surface area contributed by atoms with Crippen molar-refractivity contribution in [3.05, 3.63) is 29.8 Å². The Labute approximate surface area is 115 Å². The summed E-state index contributed by atoms with van der Waals surface area (Å²) in [6, 6.07) is 6.47. The van der Waals surface area contributed by atoms with Crippen LogP contribution in [0.25, 0.3) is 0 Å². The second-order valence-electron chi connectivity index (χ2n) is 4.29. The number of benzene rings is 1. The standard InChI is InChI=1S/C13H17F3N2O2/c1-9(12(19)18-8-13(14,15)16)17-7-10-4-3-5-11(6-10)20-2/h3-6,9,17H,7-8H2,1-2H3,(H,18,19). The maximum atomic E-state index is 12.0. The minimum Gasteiger partial charge on any atom is -0.497 e. The number of carbonyl (C=O) groups excluding carboxylic acids is 1. The van der Waals surface area contributed by atoms with Crippen molar-refractivity contribution in [2.75, 3.05) is 13.7 Å². The lowest BCUT2D eigenvalue weighted by molar-refractivity contribution is -0.139. The Morgan fingerprint density at radius 1 is 1.40 bits per heavy atom. The van der Waals surface area contributed by atoms with Crippen LogP contribution in [0.2, 0.25) is 0 Å². The van der Waals surface area contributed by atoms with E-state index in [1.807, 2.05) is 11.4 Å². The molecule has 1 aromatic rings. The predicted octanol–water partition coefficient (Wildman–Crippen LogP) is 1.85. The van der Waals surface area contributed by atoms with Gasteiger partial charge in [-0.2, -0.15) is 13.2 Å². The van der Waals surface area contributed by atoms with Crippen LogP contribution in [0.5, 0.6) is 5.75 Å². The number of hydrogen-bond acceptors (Lipinski definition) is 3. The molecular formula is C13H17F3N2O2. The number of rotatable bonds is 6. The molecule has 0 fully saturated rings. The molecule has 0 heterocycles. The first kappa shape index (κ1) is 16.3. The second-order valence-corrected chi connectivity index (χ2v) is 4.29. The molecule has 0 aromatic heterocycles. The van der Waals surface area contributed by atoms with Gasteiger partial charge in [-0.05, 0) is 24.6 Å². The Bertz CT molecular complexity index is 449. The molecule has 0 radical (unpaired) electrons. The molecule has 0 aliphatic carbocycles. The molecular weight excluding hydrogens is 273 g/mol. The van der Waals surface area contributed by atoms with Gasteiger partial charge in [-0.25, -0.2) is 0 Å². The highest BCUT2D eigenvalue weighted by molar-refractivity contribution is 5.81. The Balaban J connectivity index is 2.42. The number of amides is 1. The first-order chi connectivity index (χ1) is 9.31. The predicted molar refractivity (Wildman–Crippen MR) is 68.4 cm³/mol. The molecule has 0 saturated heterocycles. The lowest BCUT2D eigenvalue weighted by atomic mass is 10.2. The largest absolute Gasteiger partial charge is 0.497 e. The van der Waals surface area contributed by atoms with Crippen LogP contribution >= 0.6 is 0 Å². The molecule has 1 atom stereocenters. The number of methoxy groups -OCH3 is 1. The molecule has 7 heteroatoms. The van der Waals surface area contributed by atoms with E-state index in [0.29, 0.717) is 12.3 Å². The average molecular weight is 290 g/mol. The van der Waals surface area contributed by atoms with E-state index in [0.717, 1.165) is 5.56 Å². The van der Waals surface area contributed by atoms with E-state index in [9.17, 15) is 18.0 Å². The average Bonchev–Trinajstić information content (AvgIpc) is 2.41. The summed E-state index contributed by atoms with van der Waals surface area (Å²) >= 11 is 0. The number of carbonyl (C=O) groups is 1. The van der Waals surface area contributed by atoms with Crippen molar-refractivity contribution in [3.63, 3.8) is 0 Å². The quantitative estimate of drug-likeness (QED) is 0.840. The van der Waals surface area contributed by atoms with Gasteiger partial charge < -0.3 is 15.4 Å². The number of halogens is 3. The normalized spacial score (nSPS) is 12.8. The number of nitrogens with one attached hydrogen (secondary N) is 2. The maximum Gasteiger partial charge on any atom is 0.405 e. The fourth-order valence-corrected chi connectivity index (χ4v) is 1.49. The van der Waals surface area contributed by atoms with Crippen LogP contribution in [0.3, 0.4) is 0 Å². The van der Waals surface area contributed by atoms with Crippen LogP contribution in [0.4, 0.5) is 13.2 Å². The van der Waals surface area contributed by atoms with E-state index < -0.39 is 24.7 Å². The fourth-order valence-electron chi connectivity index (χ4n) is 1.49. The summed E-state index contributed by atoms with van der Waals surface area (Å²) in [5, 5.41) is 4.68. The Kier molecular flexibility index (Phi) is 5.82. The Morgan fingerprint density at radius 2 is 2.10 bits per heavy atom. The summed E-state index contributed by atoms with van der Waals surface area (Å²) in [6.07, 6.45) is -4.40. The molecule has 0 saturated carbocycles. The molecule has 1 rings (SSSR count).